The van der Waals surface area contributed by atoms with Gasteiger partial charge in [0, 0.05) is 17.1 Å². The lowest BCUT2D eigenvalue weighted by Gasteiger charge is -2.16. The van der Waals surface area contributed by atoms with E-state index in [9.17, 15) is 9.59 Å². The molecule has 0 spiro atoms. The maximum Gasteiger partial charge on any atom is 0.340 e. The summed E-state index contributed by atoms with van der Waals surface area (Å²) in [7, 11) is 0. The molecule has 28 heavy (non-hydrogen) atoms. The molecule has 0 saturated heterocycles. The van der Waals surface area contributed by atoms with Crippen LogP contribution in [0.3, 0.4) is 0 Å². The fourth-order valence-corrected chi connectivity index (χ4v) is 3.44. The van der Waals surface area contributed by atoms with Crippen LogP contribution in [0.2, 0.25) is 0 Å². The predicted octanol–water partition coefficient (Wildman–Crippen LogP) is 4.36. The fourth-order valence-electron chi connectivity index (χ4n) is 3.44. The van der Waals surface area contributed by atoms with E-state index in [0.717, 1.165) is 27.2 Å². The van der Waals surface area contributed by atoms with Gasteiger partial charge in [-0.25, -0.2) is 4.79 Å². The van der Waals surface area contributed by atoms with Gasteiger partial charge in [0.1, 0.15) is 0 Å². The number of H-pyrrole nitrogens is 1. The highest BCUT2D eigenvalue weighted by Gasteiger charge is 2.17. The van der Waals surface area contributed by atoms with Crippen molar-refractivity contribution in [2.45, 2.75) is 13.0 Å². The summed E-state index contributed by atoms with van der Waals surface area (Å²) in [5.41, 5.74) is 2.29. The second kappa shape index (κ2) is 7.56. The second-order valence-corrected chi connectivity index (χ2v) is 6.68. The first-order valence-electron chi connectivity index (χ1n) is 9.14. The Morgan fingerprint density at radius 2 is 1.68 bits per heavy atom. The Kier molecular flexibility index (Phi) is 4.81. The highest BCUT2D eigenvalue weighted by Crippen LogP contribution is 2.24. The van der Waals surface area contributed by atoms with Gasteiger partial charge in [-0.2, -0.15) is 0 Å². The van der Waals surface area contributed by atoms with E-state index in [1.54, 1.807) is 6.20 Å². The number of fused-ring (bicyclic) bond motifs is 2. The first kappa shape index (κ1) is 17.8. The zero-order chi connectivity index (χ0) is 19.5. The lowest BCUT2D eigenvalue weighted by Crippen LogP contribution is -2.31. The van der Waals surface area contributed by atoms with Crippen LogP contribution in [0.4, 0.5) is 0 Å². The number of ether oxygens (including phenoxy) is 1. The van der Waals surface area contributed by atoms with Gasteiger partial charge in [0.05, 0.1) is 11.6 Å². The number of carbonyl (C=O) groups is 2. The Bertz CT molecular complexity index is 1160. The van der Waals surface area contributed by atoms with E-state index in [0.29, 0.717) is 5.56 Å². The molecule has 0 aliphatic heterocycles. The minimum Gasteiger partial charge on any atom is -0.452 e. The molecule has 0 aliphatic carbocycles. The molecule has 0 bridgehead atoms. The van der Waals surface area contributed by atoms with Gasteiger partial charge in [-0.3, -0.25) is 4.79 Å². The van der Waals surface area contributed by atoms with Crippen molar-refractivity contribution >= 4 is 33.6 Å². The molecule has 4 rings (SSSR count). The quantitative estimate of drug-likeness (QED) is 0.512. The summed E-state index contributed by atoms with van der Waals surface area (Å²) < 4.78 is 5.21. The van der Waals surface area contributed by atoms with E-state index < -0.39 is 5.97 Å². The van der Waals surface area contributed by atoms with Gasteiger partial charge in [-0.1, -0.05) is 60.7 Å². The average Bonchev–Trinajstić information content (AvgIpc) is 3.16. The van der Waals surface area contributed by atoms with Gasteiger partial charge in [0.15, 0.2) is 6.61 Å². The van der Waals surface area contributed by atoms with Gasteiger partial charge in [-0.15, -0.1) is 0 Å². The first-order valence-corrected chi connectivity index (χ1v) is 9.14. The van der Waals surface area contributed by atoms with Crippen molar-refractivity contribution in [2.24, 2.45) is 0 Å². The van der Waals surface area contributed by atoms with Crippen molar-refractivity contribution in [2.75, 3.05) is 6.61 Å². The molecular weight excluding hydrogens is 352 g/mol. The summed E-state index contributed by atoms with van der Waals surface area (Å²) in [6.07, 6.45) is 1.60. The monoisotopic (exact) mass is 372 g/mol. The highest BCUT2D eigenvalue weighted by atomic mass is 16.5. The Morgan fingerprint density at radius 3 is 2.54 bits per heavy atom. The molecule has 4 aromatic rings. The molecule has 1 heterocycles. The van der Waals surface area contributed by atoms with Crippen molar-refractivity contribution in [1.82, 2.24) is 10.3 Å². The van der Waals surface area contributed by atoms with Crippen molar-refractivity contribution < 1.29 is 14.3 Å². The maximum absolute atomic E-state index is 12.3. The van der Waals surface area contributed by atoms with Gasteiger partial charge in [-0.05, 0) is 29.3 Å². The lowest BCUT2D eigenvalue weighted by atomic mass is 10.00. The largest absolute Gasteiger partial charge is 0.452 e. The van der Waals surface area contributed by atoms with Crippen LogP contribution in [0.1, 0.15) is 28.9 Å². The van der Waals surface area contributed by atoms with Gasteiger partial charge >= 0.3 is 5.97 Å². The molecule has 5 heteroatoms. The topological polar surface area (TPSA) is 71.2 Å². The Balaban J connectivity index is 1.41. The second-order valence-electron chi connectivity index (χ2n) is 6.68. The number of hydrogen-bond acceptors (Lipinski definition) is 3. The minimum absolute atomic E-state index is 0.203. The van der Waals surface area contributed by atoms with E-state index in [2.05, 4.69) is 10.3 Å². The van der Waals surface area contributed by atoms with Crippen LogP contribution in [-0.4, -0.2) is 23.5 Å². The summed E-state index contributed by atoms with van der Waals surface area (Å²) in [5.74, 6) is -0.862. The van der Waals surface area contributed by atoms with E-state index in [1.807, 2.05) is 73.7 Å². The van der Waals surface area contributed by atoms with Crippen LogP contribution in [0.5, 0.6) is 0 Å². The molecule has 0 saturated carbocycles. The van der Waals surface area contributed by atoms with Gasteiger partial charge in [0.25, 0.3) is 5.91 Å². The van der Waals surface area contributed by atoms with Gasteiger partial charge in [0.2, 0.25) is 0 Å². The van der Waals surface area contributed by atoms with E-state index in [1.165, 1.54) is 0 Å². The van der Waals surface area contributed by atoms with Crippen LogP contribution >= 0.6 is 0 Å². The van der Waals surface area contributed by atoms with Crippen LogP contribution in [-0.2, 0) is 9.53 Å². The Hall–Kier alpha value is -3.60. The van der Waals surface area contributed by atoms with Crippen molar-refractivity contribution in [1.29, 1.82) is 0 Å². The van der Waals surface area contributed by atoms with Crippen molar-refractivity contribution in [3.05, 3.63) is 84.1 Å². The molecular formula is C23H20N2O3. The van der Waals surface area contributed by atoms with Crippen LogP contribution in [0.15, 0.2) is 72.9 Å². The maximum atomic E-state index is 12.3. The number of esters is 1. The van der Waals surface area contributed by atoms with Crippen LogP contribution in [0.25, 0.3) is 21.7 Å². The lowest BCUT2D eigenvalue weighted by molar-refractivity contribution is -0.124. The standard InChI is InChI=1S/C23H20N2O3/c1-15(17-11-6-8-16-7-2-3-9-18(16)17)25-22(26)14-28-23(27)20-13-24-21-12-5-4-10-19(20)21/h2-13,15,24H,14H2,1H3,(H,25,26)/t15-/m1/s1. The molecule has 5 nitrogen and oxygen atoms in total. The van der Waals surface area contributed by atoms with Crippen molar-refractivity contribution in [3.63, 3.8) is 0 Å². The predicted molar refractivity (Wildman–Crippen MR) is 109 cm³/mol. The number of para-hydroxylation sites is 1. The molecule has 1 aromatic heterocycles. The third-order valence-electron chi connectivity index (χ3n) is 4.81. The zero-order valence-electron chi connectivity index (χ0n) is 15.4. The molecule has 140 valence electrons. The van der Waals surface area contributed by atoms with Crippen LogP contribution in [0, 0.1) is 0 Å². The number of aromatic nitrogens is 1. The third kappa shape index (κ3) is 3.47. The molecule has 0 unspecified atom stereocenters. The average molecular weight is 372 g/mol. The summed E-state index contributed by atoms with van der Waals surface area (Å²) in [6.45, 7) is 1.59. The van der Waals surface area contributed by atoms with Crippen LogP contribution < -0.4 is 5.32 Å². The van der Waals surface area contributed by atoms with E-state index in [4.69, 9.17) is 4.74 Å². The Labute approximate surface area is 162 Å². The van der Waals surface area contributed by atoms with E-state index in [-0.39, 0.29) is 18.6 Å². The summed E-state index contributed by atoms with van der Waals surface area (Å²) in [5, 5.41) is 5.89. The Morgan fingerprint density at radius 1 is 0.964 bits per heavy atom. The smallest absolute Gasteiger partial charge is 0.340 e. The third-order valence-corrected chi connectivity index (χ3v) is 4.81. The molecule has 0 aliphatic rings. The number of rotatable bonds is 5. The first-order chi connectivity index (χ1) is 13.6. The highest BCUT2D eigenvalue weighted by molar-refractivity contribution is 6.04. The number of benzene rings is 3. The summed E-state index contributed by atoms with van der Waals surface area (Å²) in [6, 6.07) is 21.3. The molecule has 0 fully saturated rings. The molecule has 0 radical (unpaired) electrons. The van der Waals surface area contributed by atoms with Crippen molar-refractivity contribution in [3.8, 4) is 0 Å². The summed E-state index contributed by atoms with van der Waals surface area (Å²) >= 11 is 0. The number of hydrogen-bond donors (Lipinski definition) is 2. The fraction of sp³-hybridized carbons (Fsp3) is 0.130. The number of amides is 1. The number of carbonyl (C=O) groups excluding carboxylic acids is 2. The molecule has 2 N–H and O–H groups in total. The normalized spacial score (nSPS) is 12.0. The number of nitrogens with one attached hydrogen (secondary N) is 2. The number of aromatic amines is 1. The van der Waals surface area contributed by atoms with Gasteiger partial charge < -0.3 is 15.0 Å². The zero-order valence-corrected chi connectivity index (χ0v) is 15.4. The minimum atomic E-state index is -0.523. The summed E-state index contributed by atoms with van der Waals surface area (Å²) in [4.78, 5) is 27.7. The molecule has 1 amide bonds. The molecule has 3 aromatic carbocycles. The van der Waals surface area contributed by atoms with E-state index >= 15 is 0 Å². The SMILES string of the molecule is C[C@@H](NC(=O)COC(=O)c1c[nH]c2ccccc12)c1cccc2ccccc12. The molecule has 1 atom stereocenters.